The van der Waals surface area contributed by atoms with Crippen molar-refractivity contribution < 1.29 is 9.53 Å². The highest BCUT2D eigenvalue weighted by Crippen LogP contribution is 2.04. The fourth-order valence-corrected chi connectivity index (χ4v) is 1.29. The SMILES string of the molecule is COC(=O)CC(N)Cc1ccccc1.Cl. The topological polar surface area (TPSA) is 52.3 Å². The van der Waals surface area contributed by atoms with E-state index in [-0.39, 0.29) is 30.8 Å². The molecule has 84 valence electrons. The zero-order valence-electron chi connectivity index (χ0n) is 8.68. The van der Waals surface area contributed by atoms with E-state index in [0.29, 0.717) is 6.42 Å². The van der Waals surface area contributed by atoms with Crippen molar-refractivity contribution in [2.45, 2.75) is 18.9 Å². The van der Waals surface area contributed by atoms with Crippen LogP contribution in [0.2, 0.25) is 0 Å². The van der Waals surface area contributed by atoms with E-state index in [0.717, 1.165) is 5.56 Å². The van der Waals surface area contributed by atoms with Crippen LogP contribution in [0.25, 0.3) is 0 Å². The average Bonchev–Trinajstić information content (AvgIpc) is 2.19. The first-order chi connectivity index (χ1) is 6.72. The standard InChI is InChI=1S/C11H15NO2.ClH/c1-14-11(13)8-10(12)7-9-5-3-2-4-6-9;/h2-6,10H,7-8,12H2,1H3;1H. The van der Waals surface area contributed by atoms with Crippen LogP contribution in [0.15, 0.2) is 30.3 Å². The third-order valence-corrected chi connectivity index (χ3v) is 2.00. The van der Waals surface area contributed by atoms with Gasteiger partial charge in [-0.05, 0) is 12.0 Å². The van der Waals surface area contributed by atoms with Crippen molar-refractivity contribution in [3.63, 3.8) is 0 Å². The summed E-state index contributed by atoms with van der Waals surface area (Å²) in [7, 11) is 1.37. The monoisotopic (exact) mass is 229 g/mol. The van der Waals surface area contributed by atoms with Crippen LogP contribution in [0.3, 0.4) is 0 Å². The van der Waals surface area contributed by atoms with Crippen LogP contribution < -0.4 is 5.73 Å². The van der Waals surface area contributed by atoms with Crippen molar-refractivity contribution in [2.75, 3.05) is 7.11 Å². The van der Waals surface area contributed by atoms with Gasteiger partial charge in [-0.3, -0.25) is 4.79 Å². The van der Waals surface area contributed by atoms with Gasteiger partial charge in [0.1, 0.15) is 0 Å². The lowest BCUT2D eigenvalue weighted by Crippen LogP contribution is -2.26. The number of methoxy groups -OCH3 is 1. The van der Waals surface area contributed by atoms with Gasteiger partial charge in [-0.25, -0.2) is 0 Å². The van der Waals surface area contributed by atoms with Crippen LogP contribution in [0.1, 0.15) is 12.0 Å². The van der Waals surface area contributed by atoms with Gasteiger partial charge in [0.05, 0.1) is 13.5 Å². The normalized spacial score (nSPS) is 11.3. The number of nitrogens with two attached hydrogens (primary N) is 1. The summed E-state index contributed by atoms with van der Waals surface area (Å²) < 4.78 is 4.54. The average molecular weight is 230 g/mol. The largest absolute Gasteiger partial charge is 0.469 e. The maximum absolute atomic E-state index is 10.9. The quantitative estimate of drug-likeness (QED) is 0.797. The number of esters is 1. The summed E-state index contributed by atoms with van der Waals surface area (Å²) >= 11 is 0. The number of benzene rings is 1. The zero-order chi connectivity index (χ0) is 10.4. The van der Waals surface area contributed by atoms with E-state index in [9.17, 15) is 4.79 Å². The fourth-order valence-electron chi connectivity index (χ4n) is 1.29. The molecule has 1 rings (SSSR count). The third kappa shape index (κ3) is 5.40. The highest BCUT2D eigenvalue weighted by Gasteiger charge is 2.09. The predicted molar refractivity (Wildman–Crippen MR) is 62.0 cm³/mol. The Bertz CT molecular complexity index is 290. The van der Waals surface area contributed by atoms with Crippen molar-refractivity contribution in [2.24, 2.45) is 5.73 Å². The van der Waals surface area contributed by atoms with Crippen molar-refractivity contribution in [1.82, 2.24) is 0 Å². The van der Waals surface area contributed by atoms with E-state index >= 15 is 0 Å². The van der Waals surface area contributed by atoms with Crippen molar-refractivity contribution in [3.05, 3.63) is 35.9 Å². The second-order valence-electron chi connectivity index (χ2n) is 3.23. The first kappa shape index (κ1) is 13.9. The van der Waals surface area contributed by atoms with Crippen LogP contribution >= 0.6 is 12.4 Å². The Hall–Kier alpha value is -1.06. The second-order valence-corrected chi connectivity index (χ2v) is 3.23. The molecular formula is C11H16ClNO2. The molecule has 1 atom stereocenters. The van der Waals surface area contributed by atoms with Gasteiger partial charge < -0.3 is 10.5 Å². The van der Waals surface area contributed by atoms with Gasteiger partial charge in [0.2, 0.25) is 0 Å². The third-order valence-electron chi connectivity index (χ3n) is 2.00. The van der Waals surface area contributed by atoms with E-state index in [1.165, 1.54) is 7.11 Å². The zero-order valence-corrected chi connectivity index (χ0v) is 9.50. The Morgan fingerprint density at radius 1 is 1.40 bits per heavy atom. The van der Waals surface area contributed by atoms with E-state index in [4.69, 9.17) is 5.73 Å². The Balaban J connectivity index is 0.00000196. The molecule has 0 aliphatic heterocycles. The van der Waals surface area contributed by atoms with Gasteiger partial charge in [0.25, 0.3) is 0 Å². The highest BCUT2D eigenvalue weighted by molar-refractivity contribution is 5.85. The Labute approximate surface area is 96.0 Å². The lowest BCUT2D eigenvalue weighted by Gasteiger charge is -2.09. The minimum Gasteiger partial charge on any atom is -0.469 e. The van der Waals surface area contributed by atoms with Crippen LogP contribution in [0.5, 0.6) is 0 Å². The van der Waals surface area contributed by atoms with Gasteiger partial charge in [-0.2, -0.15) is 0 Å². The van der Waals surface area contributed by atoms with Gasteiger partial charge in [-0.1, -0.05) is 30.3 Å². The predicted octanol–water partition coefficient (Wildman–Crippen LogP) is 1.54. The molecule has 1 unspecified atom stereocenters. The molecule has 1 aromatic rings. The number of halogens is 1. The molecule has 1 aromatic carbocycles. The summed E-state index contributed by atoms with van der Waals surface area (Å²) in [4.78, 5) is 10.9. The number of rotatable bonds is 4. The fraction of sp³-hybridized carbons (Fsp3) is 0.364. The van der Waals surface area contributed by atoms with E-state index in [1.54, 1.807) is 0 Å². The van der Waals surface area contributed by atoms with Gasteiger partial charge in [-0.15, -0.1) is 12.4 Å². The molecule has 0 radical (unpaired) electrons. The molecule has 0 amide bonds. The molecular weight excluding hydrogens is 214 g/mol. The molecule has 0 spiro atoms. The number of hydrogen-bond acceptors (Lipinski definition) is 3. The molecule has 0 aromatic heterocycles. The Morgan fingerprint density at radius 3 is 2.53 bits per heavy atom. The molecule has 2 N–H and O–H groups in total. The smallest absolute Gasteiger partial charge is 0.307 e. The number of carbonyl (C=O) groups is 1. The molecule has 0 aliphatic rings. The molecule has 0 saturated carbocycles. The lowest BCUT2D eigenvalue weighted by molar-refractivity contribution is -0.140. The van der Waals surface area contributed by atoms with Gasteiger partial charge >= 0.3 is 5.97 Å². The number of hydrogen-bond donors (Lipinski definition) is 1. The molecule has 0 bridgehead atoms. The number of carbonyl (C=O) groups excluding carboxylic acids is 1. The van der Waals surface area contributed by atoms with Crippen LogP contribution in [0, 0.1) is 0 Å². The minimum absolute atomic E-state index is 0. The van der Waals surface area contributed by atoms with E-state index in [1.807, 2.05) is 30.3 Å². The maximum atomic E-state index is 10.9. The summed E-state index contributed by atoms with van der Waals surface area (Å²) in [5.41, 5.74) is 6.92. The van der Waals surface area contributed by atoms with Crippen LogP contribution in [0.4, 0.5) is 0 Å². The van der Waals surface area contributed by atoms with Gasteiger partial charge in [0.15, 0.2) is 0 Å². The van der Waals surface area contributed by atoms with Crippen molar-refractivity contribution in [3.8, 4) is 0 Å². The molecule has 0 aliphatic carbocycles. The molecule has 3 nitrogen and oxygen atoms in total. The summed E-state index contributed by atoms with van der Waals surface area (Å²) in [5.74, 6) is -0.256. The first-order valence-electron chi connectivity index (χ1n) is 4.58. The van der Waals surface area contributed by atoms with Crippen LogP contribution in [-0.4, -0.2) is 19.1 Å². The summed E-state index contributed by atoms with van der Waals surface area (Å²) in [6, 6.07) is 9.70. The molecule has 0 saturated heterocycles. The van der Waals surface area contributed by atoms with E-state index < -0.39 is 0 Å². The molecule has 0 heterocycles. The summed E-state index contributed by atoms with van der Waals surface area (Å²) in [5, 5.41) is 0. The lowest BCUT2D eigenvalue weighted by atomic mass is 10.0. The summed E-state index contributed by atoms with van der Waals surface area (Å²) in [6.07, 6.45) is 0.974. The molecule has 4 heteroatoms. The van der Waals surface area contributed by atoms with Gasteiger partial charge in [0, 0.05) is 6.04 Å². The molecule has 15 heavy (non-hydrogen) atoms. The van der Waals surface area contributed by atoms with E-state index in [2.05, 4.69) is 4.74 Å². The van der Waals surface area contributed by atoms with Crippen LogP contribution in [-0.2, 0) is 16.0 Å². The first-order valence-corrected chi connectivity index (χ1v) is 4.58. The minimum atomic E-state index is -0.256. The second kappa shape index (κ2) is 7.26. The maximum Gasteiger partial charge on any atom is 0.307 e. The Morgan fingerprint density at radius 2 is 2.00 bits per heavy atom. The van der Waals surface area contributed by atoms with Crippen molar-refractivity contribution in [1.29, 1.82) is 0 Å². The summed E-state index contributed by atoms with van der Waals surface area (Å²) in [6.45, 7) is 0. The molecule has 0 fully saturated rings. The number of ether oxygens (including phenoxy) is 1. The highest BCUT2D eigenvalue weighted by atomic mass is 35.5. The van der Waals surface area contributed by atoms with Crippen molar-refractivity contribution >= 4 is 18.4 Å². The Kier molecular flexibility index (Phi) is 6.75.